The molecular weight excluding hydrogens is 293 g/mol. The van der Waals surface area contributed by atoms with Gasteiger partial charge >= 0.3 is 0 Å². The van der Waals surface area contributed by atoms with E-state index in [1.807, 2.05) is 6.92 Å². The van der Waals surface area contributed by atoms with Gasteiger partial charge in [-0.2, -0.15) is 0 Å². The number of halogens is 1. The third-order valence-electron chi connectivity index (χ3n) is 5.92. The van der Waals surface area contributed by atoms with Crippen LogP contribution in [0.5, 0.6) is 0 Å². The van der Waals surface area contributed by atoms with E-state index in [4.69, 9.17) is 4.42 Å². The highest BCUT2D eigenvalue weighted by atomic mass is 19.1. The van der Waals surface area contributed by atoms with Gasteiger partial charge in [0.15, 0.2) is 17.2 Å². The number of carbonyl (C=O) groups excluding carboxylic acids is 1. The Labute approximate surface area is 135 Å². The zero-order valence-corrected chi connectivity index (χ0v) is 13.6. The van der Waals surface area contributed by atoms with Gasteiger partial charge in [0.25, 0.3) is 5.91 Å². The fourth-order valence-electron chi connectivity index (χ4n) is 4.71. The molecule has 2 aliphatic rings. The van der Waals surface area contributed by atoms with Crippen LogP contribution in [0.25, 0.3) is 11.0 Å². The molecule has 23 heavy (non-hydrogen) atoms. The average Bonchev–Trinajstić information content (AvgIpc) is 3.22. The summed E-state index contributed by atoms with van der Waals surface area (Å²) in [5.74, 6) is 1.76. The van der Waals surface area contributed by atoms with Gasteiger partial charge in [-0.1, -0.05) is 18.6 Å². The van der Waals surface area contributed by atoms with Crippen LogP contribution in [0.4, 0.5) is 4.39 Å². The number of amides is 1. The predicted octanol–water partition coefficient (Wildman–Crippen LogP) is 4.43. The van der Waals surface area contributed by atoms with E-state index in [0.717, 1.165) is 11.8 Å². The van der Waals surface area contributed by atoms with E-state index in [1.165, 1.54) is 31.7 Å². The van der Waals surface area contributed by atoms with Crippen molar-refractivity contribution < 1.29 is 13.6 Å². The molecule has 0 radical (unpaired) electrons. The summed E-state index contributed by atoms with van der Waals surface area (Å²) in [6.45, 7) is 3.89. The Hall–Kier alpha value is -1.84. The Morgan fingerprint density at radius 3 is 2.83 bits per heavy atom. The molecule has 2 fully saturated rings. The Bertz CT molecular complexity index is 766. The summed E-state index contributed by atoms with van der Waals surface area (Å²) in [6.07, 6.45) is 5.19. The second-order valence-corrected chi connectivity index (χ2v) is 7.27. The molecule has 0 spiro atoms. The van der Waals surface area contributed by atoms with Gasteiger partial charge in [0.1, 0.15) is 0 Å². The number of nitrogens with one attached hydrogen (secondary N) is 1. The van der Waals surface area contributed by atoms with Gasteiger partial charge in [0.2, 0.25) is 0 Å². The van der Waals surface area contributed by atoms with E-state index >= 15 is 0 Å². The molecule has 122 valence electrons. The summed E-state index contributed by atoms with van der Waals surface area (Å²) < 4.78 is 19.4. The second-order valence-electron chi connectivity index (χ2n) is 7.27. The van der Waals surface area contributed by atoms with E-state index in [0.29, 0.717) is 16.9 Å². The van der Waals surface area contributed by atoms with Crippen molar-refractivity contribution in [3.05, 3.63) is 35.3 Å². The Kier molecular flexibility index (Phi) is 3.43. The first-order chi connectivity index (χ1) is 11.0. The fraction of sp³-hybridized carbons (Fsp3) is 0.526. The first-order valence-corrected chi connectivity index (χ1v) is 8.53. The summed E-state index contributed by atoms with van der Waals surface area (Å²) in [5.41, 5.74) is 0.875. The molecule has 0 saturated heterocycles. The van der Waals surface area contributed by atoms with Gasteiger partial charge < -0.3 is 9.73 Å². The highest BCUT2D eigenvalue weighted by Gasteiger charge is 2.42. The summed E-state index contributed by atoms with van der Waals surface area (Å²) in [7, 11) is 0. The maximum absolute atomic E-state index is 13.8. The summed E-state index contributed by atoms with van der Waals surface area (Å²) >= 11 is 0. The minimum Gasteiger partial charge on any atom is -0.448 e. The maximum Gasteiger partial charge on any atom is 0.287 e. The molecule has 2 aromatic rings. The fourth-order valence-corrected chi connectivity index (χ4v) is 4.71. The molecule has 1 aromatic heterocycles. The molecule has 1 aromatic carbocycles. The number of hydrogen-bond acceptors (Lipinski definition) is 2. The number of rotatable bonds is 3. The summed E-state index contributed by atoms with van der Waals surface area (Å²) in [5, 5.41) is 3.76. The van der Waals surface area contributed by atoms with Crippen LogP contribution in [0.1, 0.15) is 48.7 Å². The van der Waals surface area contributed by atoms with Crippen molar-refractivity contribution in [3.8, 4) is 0 Å². The SMILES string of the molecule is Cc1c(C(=O)NC(C)C2CC3CCC2C3)oc2c(F)cccc12. The average molecular weight is 315 g/mol. The lowest BCUT2D eigenvalue weighted by molar-refractivity contribution is 0.0888. The van der Waals surface area contributed by atoms with E-state index in [9.17, 15) is 9.18 Å². The minimum absolute atomic E-state index is 0.134. The van der Waals surface area contributed by atoms with E-state index in [-0.39, 0.29) is 23.3 Å². The monoisotopic (exact) mass is 315 g/mol. The standard InChI is InChI=1S/C19H22FNO2/c1-10-14-4-3-5-16(20)18(14)23-17(10)19(22)21-11(2)15-9-12-6-7-13(15)8-12/h3-5,11-13,15H,6-9H2,1-2H3,(H,21,22). The van der Waals surface area contributed by atoms with Crippen LogP contribution >= 0.6 is 0 Å². The number of hydrogen-bond donors (Lipinski definition) is 1. The highest BCUT2D eigenvalue weighted by molar-refractivity contribution is 5.99. The lowest BCUT2D eigenvalue weighted by Gasteiger charge is -2.28. The van der Waals surface area contributed by atoms with Crippen molar-refractivity contribution in [1.29, 1.82) is 0 Å². The van der Waals surface area contributed by atoms with Crippen LogP contribution in [0.15, 0.2) is 22.6 Å². The smallest absolute Gasteiger partial charge is 0.287 e. The van der Waals surface area contributed by atoms with Gasteiger partial charge in [-0.15, -0.1) is 0 Å². The van der Waals surface area contributed by atoms with Crippen LogP contribution in [-0.4, -0.2) is 11.9 Å². The van der Waals surface area contributed by atoms with E-state index < -0.39 is 5.82 Å². The lowest BCUT2D eigenvalue weighted by atomic mass is 9.84. The third-order valence-corrected chi connectivity index (χ3v) is 5.92. The Morgan fingerprint density at radius 2 is 2.17 bits per heavy atom. The highest BCUT2D eigenvalue weighted by Crippen LogP contribution is 2.49. The van der Waals surface area contributed by atoms with Gasteiger partial charge in [-0.25, -0.2) is 4.39 Å². The van der Waals surface area contributed by atoms with Gasteiger partial charge in [0.05, 0.1) is 0 Å². The van der Waals surface area contributed by atoms with Crippen molar-refractivity contribution in [3.63, 3.8) is 0 Å². The molecule has 1 N–H and O–H groups in total. The molecule has 0 aliphatic heterocycles. The summed E-state index contributed by atoms with van der Waals surface area (Å²) in [6, 6.07) is 4.91. The van der Waals surface area contributed by atoms with E-state index in [1.54, 1.807) is 12.1 Å². The topological polar surface area (TPSA) is 42.2 Å². The van der Waals surface area contributed by atoms with Gasteiger partial charge in [-0.05, 0) is 56.9 Å². The molecule has 4 atom stereocenters. The van der Waals surface area contributed by atoms with Crippen LogP contribution in [-0.2, 0) is 0 Å². The third kappa shape index (κ3) is 2.35. The van der Waals surface area contributed by atoms with Crippen LogP contribution in [0, 0.1) is 30.5 Å². The van der Waals surface area contributed by atoms with Crippen LogP contribution in [0.3, 0.4) is 0 Å². The number of carbonyl (C=O) groups is 1. The summed E-state index contributed by atoms with van der Waals surface area (Å²) in [4.78, 5) is 12.6. The molecule has 4 unspecified atom stereocenters. The molecule has 2 bridgehead atoms. The maximum atomic E-state index is 13.8. The molecule has 1 heterocycles. The van der Waals surface area contributed by atoms with Gasteiger partial charge in [0, 0.05) is 17.0 Å². The van der Waals surface area contributed by atoms with Crippen molar-refractivity contribution in [2.45, 2.75) is 45.6 Å². The Morgan fingerprint density at radius 1 is 1.35 bits per heavy atom. The van der Waals surface area contributed by atoms with Crippen molar-refractivity contribution in [2.75, 3.05) is 0 Å². The molecule has 4 rings (SSSR count). The number of para-hydroxylation sites is 1. The first kappa shape index (κ1) is 14.7. The van der Waals surface area contributed by atoms with Crippen LogP contribution < -0.4 is 5.32 Å². The van der Waals surface area contributed by atoms with Crippen molar-refractivity contribution in [1.82, 2.24) is 5.32 Å². The quantitative estimate of drug-likeness (QED) is 0.910. The zero-order chi connectivity index (χ0) is 16.1. The normalized spacial score (nSPS) is 27.5. The first-order valence-electron chi connectivity index (χ1n) is 8.53. The lowest BCUT2D eigenvalue weighted by Crippen LogP contribution is -2.40. The molecule has 4 heteroatoms. The van der Waals surface area contributed by atoms with Crippen molar-refractivity contribution in [2.24, 2.45) is 17.8 Å². The largest absolute Gasteiger partial charge is 0.448 e. The second kappa shape index (κ2) is 5.36. The number of aryl methyl sites for hydroxylation is 1. The predicted molar refractivity (Wildman–Crippen MR) is 86.8 cm³/mol. The Balaban J connectivity index is 1.55. The number of furan rings is 1. The van der Waals surface area contributed by atoms with Gasteiger partial charge in [-0.3, -0.25) is 4.79 Å². The molecule has 2 saturated carbocycles. The van der Waals surface area contributed by atoms with Crippen LogP contribution in [0.2, 0.25) is 0 Å². The zero-order valence-electron chi connectivity index (χ0n) is 13.6. The molecule has 2 aliphatic carbocycles. The molecule has 3 nitrogen and oxygen atoms in total. The minimum atomic E-state index is -0.425. The molecular formula is C19H22FNO2. The number of fused-ring (bicyclic) bond motifs is 3. The van der Waals surface area contributed by atoms with E-state index in [2.05, 4.69) is 12.2 Å². The number of benzene rings is 1. The van der Waals surface area contributed by atoms with Crippen molar-refractivity contribution >= 4 is 16.9 Å². The molecule has 1 amide bonds.